The van der Waals surface area contributed by atoms with Crippen molar-refractivity contribution in [1.82, 2.24) is 14.7 Å². The molecule has 6 rings (SSSR count). The number of piperazine rings is 1. The molecule has 0 spiro atoms. The van der Waals surface area contributed by atoms with Gasteiger partial charge in [-0.3, -0.25) is 4.90 Å². The van der Waals surface area contributed by atoms with Crippen molar-refractivity contribution in [2.45, 2.75) is 33.6 Å². The van der Waals surface area contributed by atoms with Crippen molar-refractivity contribution in [2.24, 2.45) is 17.3 Å². The number of hydrogen-bond acceptors (Lipinski definition) is 5. The molecule has 1 saturated carbocycles. The molecule has 3 aliphatic carbocycles. The van der Waals surface area contributed by atoms with Crippen LogP contribution in [-0.2, 0) is 4.74 Å². The summed E-state index contributed by atoms with van der Waals surface area (Å²) in [5.74, 6) is 0.893. The first-order chi connectivity index (χ1) is 20.6. The highest BCUT2D eigenvalue weighted by atomic mass is 35.5. The van der Waals surface area contributed by atoms with Crippen LogP contribution in [0.1, 0.15) is 44.0 Å². The van der Waals surface area contributed by atoms with Gasteiger partial charge in [-0.25, -0.2) is 14.4 Å². The van der Waals surface area contributed by atoms with Gasteiger partial charge in [0.2, 0.25) is 0 Å². The summed E-state index contributed by atoms with van der Waals surface area (Å²) in [4.78, 5) is 44.3. The number of anilines is 2. The second-order valence-corrected chi connectivity index (χ2v) is 12.7. The number of carbonyl (C=O) groups is 3. The fourth-order valence-electron chi connectivity index (χ4n) is 6.41. The molecule has 0 aromatic heterocycles. The lowest BCUT2D eigenvalue weighted by atomic mass is 9.49. The van der Waals surface area contributed by atoms with Crippen LogP contribution < -0.4 is 10.6 Å². The van der Waals surface area contributed by atoms with E-state index in [0.29, 0.717) is 60.4 Å². The van der Waals surface area contributed by atoms with E-state index in [1.165, 1.54) is 12.0 Å². The van der Waals surface area contributed by atoms with Crippen LogP contribution in [-0.4, -0.2) is 85.2 Å². The van der Waals surface area contributed by atoms with Crippen molar-refractivity contribution in [3.8, 4) is 0 Å². The molecule has 2 aromatic carbocycles. The first kappa shape index (κ1) is 30.9. The number of nitrogens with zero attached hydrogens (tertiary/aromatic N) is 3. The predicted molar refractivity (Wildman–Crippen MR) is 170 cm³/mol. The Morgan fingerprint density at radius 2 is 1.63 bits per heavy atom. The predicted octanol–water partition coefficient (Wildman–Crippen LogP) is 6.19. The van der Waals surface area contributed by atoms with Gasteiger partial charge in [-0.05, 0) is 85.5 Å². The van der Waals surface area contributed by atoms with E-state index < -0.39 is 0 Å². The number of ether oxygens (including phenoxy) is 1. The molecule has 2 N–H and O–H groups in total. The zero-order valence-electron chi connectivity index (χ0n) is 25.3. The van der Waals surface area contributed by atoms with Crippen LogP contribution in [0.2, 0.25) is 5.02 Å². The number of urea groups is 2. The molecule has 2 fully saturated rings. The highest BCUT2D eigenvalue weighted by Crippen LogP contribution is 2.59. The average Bonchev–Trinajstić information content (AvgIpc) is 3.01. The van der Waals surface area contributed by atoms with E-state index in [9.17, 15) is 14.4 Å². The number of amides is 4. The van der Waals surface area contributed by atoms with Gasteiger partial charge in [0, 0.05) is 62.2 Å². The second kappa shape index (κ2) is 13.4. The van der Waals surface area contributed by atoms with Crippen LogP contribution in [0.3, 0.4) is 0 Å². The van der Waals surface area contributed by atoms with E-state index in [1.807, 2.05) is 17.0 Å². The van der Waals surface area contributed by atoms with E-state index in [2.05, 4.69) is 35.5 Å². The van der Waals surface area contributed by atoms with Gasteiger partial charge in [-0.15, -0.1) is 0 Å². The Balaban J connectivity index is 1.14. The fraction of sp³-hybridized carbons (Fsp3) is 0.485. The van der Waals surface area contributed by atoms with Crippen molar-refractivity contribution in [2.75, 3.05) is 63.1 Å². The highest BCUT2D eigenvalue weighted by Gasteiger charge is 2.51. The summed E-state index contributed by atoms with van der Waals surface area (Å²) in [6, 6.07) is 13.6. The van der Waals surface area contributed by atoms with E-state index >= 15 is 0 Å². The lowest BCUT2D eigenvalue weighted by Gasteiger charge is -2.57. The maximum Gasteiger partial charge on any atom is 0.338 e. The largest absolute Gasteiger partial charge is 0.462 e. The van der Waals surface area contributed by atoms with Crippen molar-refractivity contribution >= 4 is 41.0 Å². The van der Waals surface area contributed by atoms with Gasteiger partial charge in [0.05, 0.1) is 12.2 Å². The van der Waals surface area contributed by atoms with Gasteiger partial charge in [-0.2, -0.15) is 0 Å². The Labute approximate surface area is 259 Å². The molecule has 4 aliphatic rings. The molecule has 10 heteroatoms. The Bertz CT molecular complexity index is 1340. The lowest BCUT2D eigenvalue weighted by Crippen LogP contribution is -2.53. The molecule has 2 aromatic rings. The van der Waals surface area contributed by atoms with Crippen molar-refractivity contribution in [1.29, 1.82) is 0 Å². The zero-order chi connectivity index (χ0) is 30.6. The smallest absolute Gasteiger partial charge is 0.338 e. The number of halogens is 1. The summed E-state index contributed by atoms with van der Waals surface area (Å²) in [6.07, 6.45) is 4.66. The molecule has 0 radical (unpaired) electrons. The molecule has 2 unspecified atom stereocenters. The molecular formula is C33H42ClN5O4. The fourth-order valence-corrected chi connectivity index (χ4v) is 6.53. The quantitative estimate of drug-likeness (QED) is 0.262. The van der Waals surface area contributed by atoms with Crippen molar-refractivity contribution < 1.29 is 19.1 Å². The maximum atomic E-state index is 13.5. The standard InChI is InChI=1S/C33H42ClN5O4/c1-4-43-30(40)23-6-11-27(12-7-23)35-31(41)38-18-15-37(16-19-38)17-20-39(32(42)36-28-13-9-26(34)10-14-28)22-24-5-8-25-21-29(24)33(25,2)3/h5-7,9-14,25,29H,4,8,15-22H2,1-3H3,(H,35,41)(H,36,42). The van der Waals surface area contributed by atoms with Crippen molar-refractivity contribution in [3.63, 3.8) is 0 Å². The summed E-state index contributed by atoms with van der Waals surface area (Å²) < 4.78 is 5.01. The van der Waals surface area contributed by atoms with Gasteiger partial charge in [0.25, 0.3) is 0 Å². The molecule has 1 saturated heterocycles. The minimum Gasteiger partial charge on any atom is -0.462 e. The minimum absolute atomic E-state index is 0.116. The van der Waals surface area contributed by atoms with Gasteiger partial charge < -0.3 is 25.2 Å². The Hall–Kier alpha value is -3.56. The third-order valence-corrected chi connectivity index (χ3v) is 9.58. The monoisotopic (exact) mass is 607 g/mol. The normalized spacial score (nSPS) is 20.8. The molecule has 2 atom stereocenters. The number of benzene rings is 2. The van der Waals surface area contributed by atoms with Crippen LogP contribution in [0.4, 0.5) is 21.0 Å². The average molecular weight is 608 g/mol. The van der Waals surface area contributed by atoms with Crippen LogP contribution in [0, 0.1) is 17.3 Å². The molecular weight excluding hydrogens is 566 g/mol. The summed E-state index contributed by atoms with van der Waals surface area (Å²) >= 11 is 6.04. The molecule has 1 aliphatic heterocycles. The number of hydrogen-bond donors (Lipinski definition) is 2. The minimum atomic E-state index is -0.381. The summed E-state index contributed by atoms with van der Waals surface area (Å²) in [7, 11) is 0. The van der Waals surface area contributed by atoms with Gasteiger partial charge >= 0.3 is 18.0 Å². The first-order valence-corrected chi connectivity index (χ1v) is 15.6. The van der Waals surface area contributed by atoms with Crippen molar-refractivity contribution in [3.05, 3.63) is 70.8 Å². The van der Waals surface area contributed by atoms with Crippen LogP contribution in [0.5, 0.6) is 0 Å². The topological polar surface area (TPSA) is 94.2 Å². The highest BCUT2D eigenvalue weighted by molar-refractivity contribution is 6.30. The van der Waals surface area contributed by atoms with Gasteiger partial charge in [0.1, 0.15) is 0 Å². The number of esters is 1. The van der Waals surface area contributed by atoms with Crippen LogP contribution >= 0.6 is 11.6 Å². The van der Waals surface area contributed by atoms with Gasteiger partial charge in [0.15, 0.2) is 0 Å². The van der Waals surface area contributed by atoms with Crippen LogP contribution in [0.25, 0.3) is 0 Å². The third kappa shape index (κ3) is 7.33. The number of nitrogens with one attached hydrogen (secondary N) is 2. The summed E-state index contributed by atoms with van der Waals surface area (Å²) in [5, 5.41) is 6.60. The zero-order valence-corrected chi connectivity index (χ0v) is 26.0. The molecule has 230 valence electrons. The summed E-state index contributed by atoms with van der Waals surface area (Å²) in [5.41, 5.74) is 3.46. The van der Waals surface area contributed by atoms with E-state index in [0.717, 1.165) is 37.7 Å². The summed E-state index contributed by atoms with van der Waals surface area (Å²) in [6.45, 7) is 11.3. The van der Waals surface area contributed by atoms with E-state index in [4.69, 9.17) is 16.3 Å². The van der Waals surface area contributed by atoms with E-state index in [-0.39, 0.29) is 18.0 Å². The Kier molecular flexibility index (Phi) is 9.62. The lowest BCUT2D eigenvalue weighted by molar-refractivity contribution is -0.00969. The molecule has 2 bridgehead atoms. The number of rotatable bonds is 9. The number of fused-ring (bicyclic) bond motifs is 1. The maximum absolute atomic E-state index is 13.5. The Morgan fingerprint density at radius 3 is 2.26 bits per heavy atom. The molecule has 1 heterocycles. The third-order valence-electron chi connectivity index (χ3n) is 9.33. The van der Waals surface area contributed by atoms with Crippen LogP contribution in [0.15, 0.2) is 60.2 Å². The molecule has 4 amide bonds. The number of allylic oxidation sites excluding steroid dienone is 1. The van der Waals surface area contributed by atoms with E-state index in [1.54, 1.807) is 48.2 Å². The Morgan fingerprint density at radius 1 is 0.977 bits per heavy atom. The molecule has 9 nitrogen and oxygen atoms in total. The number of carbonyl (C=O) groups excluding carboxylic acids is 3. The van der Waals surface area contributed by atoms with Gasteiger partial charge in [-0.1, -0.05) is 37.1 Å². The first-order valence-electron chi connectivity index (χ1n) is 15.2. The second-order valence-electron chi connectivity index (χ2n) is 12.2. The molecule has 43 heavy (non-hydrogen) atoms. The SMILES string of the molecule is CCOC(=O)c1ccc(NC(=O)N2CCN(CCN(CC3=CCC4CC3C4(C)C)C(=O)Nc3ccc(Cl)cc3)CC2)cc1.